The molecule has 0 aromatic heterocycles. The van der Waals surface area contributed by atoms with Gasteiger partial charge in [0.1, 0.15) is 0 Å². The zero-order valence-electron chi connectivity index (χ0n) is 16.2. The third kappa shape index (κ3) is 4.48. The minimum atomic E-state index is -0.457. The van der Waals surface area contributed by atoms with Gasteiger partial charge in [-0.25, -0.2) is 4.79 Å². The van der Waals surface area contributed by atoms with Gasteiger partial charge in [-0.3, -0.25) is 4.79 Å². The summed E-state index contributed by atoms with van der Waals surface area (Å²) < 4.78 is 5.20. The van der Waals surface area contributed by atoms with Gasteiger partial charge in [0.15, 0.2) is 6.61 Å². The van der Waals surface area contributed by atoms with E-state index in [2.05, 4.69) is 36.9 Å². The predicted molar refractivity (Wildman–Crippen MR) is 106 cm³/mol. The Hall–Kier alpha value is -2.82. The van der Waals surface area contributed by atoms with Crippen LogP contribution in [-0.2, 0) is 9.53 Å². The fourth-order valence-corrected chi connectivity index (χ4v) is 3.35. The van der Waals surface area contributed by atoms with Crippen LogP contribution in [0.1, 0.15) is 27.0 Å². The highest BCUT2D eigenvalue weighted by Gasteiger charge is 2.23. The Labute approximate surface area is 160 Å². The Morgan fingerprint density at radius 3 is 2.37 bits per heavy atom. The number of anilines is 1. The van der Waals surface area contributed by atoms with Crippen molar-refractivity contribution in [2.75, 3.05) is 37.7 Å². The van der Waals surface area contributed by atoms with E-state index in [-0.39, 0.29) is 12.5 Å². The predicted octanol–water partition coefficient (Wildman–Crippen LogP) is 3.12. The molecule has 0 atom stereocenters. The summed E-state index contributed by atoms with van der Waals surface area (Å²) in [6.45, 7) is 8.77. The first kappa shape index (κ1) is 19.0. The van der Waals surface area contributed by atoms with Crippen LogP contribution in [0.4, 0.5) is 5.69 Å². The number of rotatable bonds is 4. The molecule has 0 saturated carbocycles. The highest BCUT2D eigenvalue weighted by atomic mass is 16.5. The number of benzene rings is 2. The van der Waals surface area contributed by atoms with Gasteiger partial charge in [0.25, 0.3) is 5.91 Å². The Kier molecular flexibility index (Phi) is 5.79. The van der Waals surface area contributed by atoms with Crippen molar-refractivity contribution in [3.8, 4) is 0 Å². The van der Waals surface area contributed by atoms with Crippen molar-refractivity contribution in [2.45, 2.75) is 20.8 Å². The smallest absolute Gasteiger partial charge is 0.338 e. The van der Waals surface area contributed by atoms with Gasteiger partial charge in [0.2, 0.25) is 0 Å². The number of carbonyl (C=O) groups excluding carboxylic acids is 2. The number of ether oxygens (including phenoxy) is 1. The lowest BCUT2D eigenvalue weighted by molar-refractivity contribution is -0.134. The third-order valence-corrected chi connectivity index (χ3v) is 5.13. The standard InChI is InChI=1S/C22H26N2O3/c1-16-6-4-8-19(14-16)22(26)27-15-21(25)24-12-10-23(11-13-24)20-9-5-7-17(2)18(20)3/h4-9,14H,10-13,15H2,1-3H3. The van der Waals surface area contributed by atoms with Crippen LogP contribution >= 0.6 is 0 Å². The molecule has 2 aromatic rings. The summed E-state index contributed by atoms with van der Waals surface area (Å²) in [5, 5.41) is 0. The van der Waals surface area contributed by atoms with Crippen molar-refractivity contribution in [1.82, 2.24) is 4.90 Å². The van der Waals surface area contributed by atoms with Gasteiger partial charge in [0.05, 0.1) is 5.56 Å². The molecule has 2 aromatic carbocycles. The zero-order valence-corrected chi connectivity index (χ0v) is 16.2. The van der Waals surface area contributed by atoms with Crippen molar-refractivity contribution in [1.29, 1.82) is 0 Å². The Bertz CT molecular complexity index is 839. The van der Waals surface area contributed by atoms with E-state index in [0.29, 0.717) is 18.7 Å². The van der Waals surface area contributed by atoms with Crippen molar-refractivity contribution in [3.63, 3.8) is 0 Å². The average molecular weight is 366 g/mol. The second-order valence-corrected chi connectivity index (χ2v) is 7.03. The number of aryl methyl sites for hydroxylation is 2. The van der Waals surface area contributed by atoms with E-state index in [1.54, 1.807) is 23.1 Å². The molecular weight excluding hydrogens is 340 g/mol. The molecule has 0 bridgehead atoms. The van der Waals surface area contributed by atoms with E-state index in [0.717, 1.165) is 18.7 Å². The SMILES string of the molecule is Cc1cccc(C(=O)OCC(=O)N2CCN(c3cccc(C)c3C)CC2)c1. The quantitative estimate of drug-likeness (QED) is 0.780. The van der Waals surface area contributed by atoms with Crippen molar-refractivity contribution in [3.05, 3.63) is 64.7 Å². The van der Waals surface area contributed by atoms with Gasteiger partial charge < -0.3 is 14.5 Å². The molecular formula is C22H26N2O3. The molecule has 0 N–H and O–H groups in total. The largest absolute Gasteiger partial charge is 0.452 e. The number of hydrogen-bond donors (Lipinski definition) is 0. The maximum absolute atomic E-state index is 12.4. The Morgan fingerprint density at radius 1 is 0.963 bits per heavy atom. The highest BCUT2D eigenvalue weighted by molar-refractivity contribution is 5.91. The minimum Gasteiger partial charge on any atom is -0.452 e. The molecule has 3 rings (SSSR count). The summed E-state index contributed by atoms with van der Waals surface area (Å²) in [7, 11) is 0. The maximum Gasteiger partial charge on any atom is 0.338 e. The van der Waals surface area contributed by atoms with Gasteiger partial charge in [0, 0.05) is 31.9 Å². The summed E-state index contributed by atoms with van der Waals surface area (Å²) in [6, 6.07) is 13.5. The van der Waals surface area contributed by atoms with E-state index in [1.165, 1.54) is 16.8 Å². The lowest BCUT2D eigenvalue weighted by atomic mass is 10.1. The highest BCUT2D eigenvalue weighted by Crippen LogP contribution is 2.23. The van der Waals surface area contributed by atoms with Crippen LogP contribution in [0.25, 0.3) is 0 Å². The van der Waals surface area contributed by atoms with Crippen LogP contribution in [0.2, 0.25) is 0 Å². The first-order valence-corrected chi connectivity index (χ1v) is 9.28. The molecule has 1 amide bonds. The summed E-state index contributed by atoms with van der Waals surface area (Å²) in [4.78, 5) is 28.6. The molecule has 0 unspecified atom stereocenters. The van der Waals surface area contributed by atoms with Gasteiger partial charge >= 0.3 is 5.97 Å². The lowest BCUT2D eigenvalue weighted by Crippen LogP contribution is -2.50. The topological polar surface area (TPSA) is 49.9 Å². The fourth-order valence-electron chi connectivity index (χ4n) is 3.35. The summed E-state index contributed by atoms with van der Waals surface area (Å²) in [5.41, 5.74) is 5.24. The van der Waals surface area contributed by atoms with Gasteiger partial charge in [-0.15, -0.1) is 0 Å². The second-order valence-electron chi connectivity index (χ2n) is 7.03. The van der Waals surface area contributed by atoms with Crippen molar-refractivity contribution < 1.29 is 14.3 Å². The van der Waals surface area contributed by atoms with E-state index in [4.69, 9.17) is 4.74 Å². The summed E-state index contributed by atoms with van der Waals surface area (Å²) in [6.07, 6.45) is 0. The number of hydrogen-bond acceptors (Lipinski definition) is 4. The van der Waals surface area contributed by atoms with Crippen LogP contribution in [0.3, 0.4) is 0 Å². The molecule has 1 saturated heterocycles. The molecule has 1 heterocycles. The molecule has 0 aliphatic carbocycles. The number of carbonyl (C=O) groups is 2. The van der Waals surface area contributed by atoms with Crippen molar-refractivity contribution in [2.24, 2.45) is 0 Å². The zero-order chi connectivity index (χ0) is 19.4. The Morgan fingerprint density at radius 2 is 1.67 bits per heavy atom. The van der Waals surface area contributed by atoms with Gasteiger partial charge in [-0.1, -0.05) is 29.8 Å². The van der Waals surface area contributed by atoms with E-state index in [9.17, 15) is 9.59 Å². The molecule has 5 nitrogen and oxygen atoms in total. The average Bonchev–Trinajstić information content (AvgIpc) is 2.68. The molecule has 1 aliphatic rings. The first-order chi connectivity index (χ1) is 13.0. The summed E-state index contributed by atoms with van der Waals surface area (Å²) >= 11 is 0. The number of esters is 1. The third-order valence-electron chi connectivity index (χ3n) is 5.13. The molecule has 0 spiro atoms. The first-order valence-electron chi connectivity index (χ1n) is 9.28. The normalized spacial score (nSPS) is 14.2. The number of piperazine rings is 1. The fraction of sp³-hybridized carbons (Fsp3) is 0.364. The van der Waals surface area contributed by atoms with Crippen LogP contribution in [0, 0.1) is 20.8 Å². The van der Waals surface area contributed by atoms with E-state index < -0.39 is 5.97 Å². The monoisotopic (exact) mass is 366 g/mol. The molecule has 27 heavy (non-hydrogen) atoms. The van der Waals surface area contributed by atoms with Crippen LogP contribution < -0.4 is 4.90 Å². The Balaban J connectivity index is 1.51. The molecule has 1 aliphatic heterocycles. The second kappa shape index (κ2) is 8.25. The maximum atomic E-state index is 12.4. The summed E-state index contributed by atoms with van der Waals surface area (Å²) in [5.74, 6) is -0.599. The van der Waals surface area contributed by atoms with Gasteiger partial charge in [-0.05, 0) is 50.1 Å². The molecule has 5 heteroatoms. The molecule has 142 valence electrons. The molecule has 1 fully saturated rings. The molecule has 0 radical (unpaired) electrons. The van der Waals surface area contributed by atoms with Crippen molar-refractivity contribution >= 4 is 17.6 Å². The minimum absolute atomic E-state index is 0.142. The van der Waals surface area contributed by atoms with Crippen LogP contribution in [-0.4, -0.2) is 49.6 Å². The van der Waals surface area contributed by atoms with Crippen LogP contribution in [0.5, 0.6) is 0 Å². The number of amides is 1. The van der Waals surface area contributed by atoms with E-state index >= 15 is 0 Å². The number of nitrogens with zero attached hydrogens (tertiary/aromatic N) is 2. The van der Waals surface area contributed by atoms with E-state index in [1.807, 2.05) is 13.0 Å². The lowest BCUT2D eigenvalue weighted by Gasteiger charge is -2.37. The van der Waals surface area contributed by atoms with Crippen LogP contribution in [0.15, 0.2) is 42.5 Å². The van der Waals surface area contributed by atoms with Gasteiger partial charge in [-0.2, -0.15) is 0 Å².